The number of rotatable bonds is 8. The minimum atomic E-state index is -3.69. The molecule has 0 saturated carbocycles. The third-order valence-electron chi connectivity index (χ3n) is 4.11. The van der Waals surface area contributed by atoms with Crippen molar-refractivity contribution in [3.05, 3.63) is 60.2 Å². The molecule has 0 aliphatic carbocycles. The second-order valence-electron chi connectivity index (χ2n) is 6.37. The Bertz CT molecular complexity index is 1050. The molecule has 0 saturated heterocycles. The van der Waals surface area contributed by atoms with Gasteiger partial charge in [-0.3, -0.25) is 14.5 Å². The van der Waals surface area contributed by atoms with E-state index in [0.29, 0.717) is 11.3 Å². The van der Waals surface area contributed by atoms with Crippen molar-refractivity contribution in [1.82, 2.24) is 10.0 Å². The van der Waals surface area contributed by atoms with Crippen molar-refractivity contribution < 1.29 is 27.5 Å². The Morgan fingerprint density at radius 1 is 1.10 bits per heavy atom. The Labute approximate surface area is 174 Å². The highest BCUT2D eigenvalue weighted by atomic mass is 32.2. The maximum Gasteiger partial charge on any atom is 0.331 e. The molecular formula is C20H21N3O6S. The number of ether oxygens (including phenoxy) is 2. The van der Waals surface area contributed by atoms with E-state index in [0.717, 1.165) is 0 Å². The zero-order valence-corrected chi connectivity index (χ0v) is 17.0. The second kappa shape index (κ2) is 9.40. The lowest BCUT2D eigenvalue weighted by molar-refractivity contribution is -0.149. The van der Waals surface area contributed by atoms with E-state index < -0.39 is 34.5 Å². The third kappa shape index (κ3) is 5.35. The summed E-state index contributed by atoms with van der Waals surface area (Å²) in [5.74, 6) is -0.471. The van der Waals surface area contributed by atoms with Gasteiger partial charge in [0, 0.05) is 5.56 Å². The number of aliphatic imine (C=N–C) groups is 1. The maximum atomic E-state index is 12.1. The summed E-state index contributed by atoms with van der Waals surface area (Å²) in [4.78, 5) is 28.1. The number of sulfonamides is 1. The molecule has 0 radical (unpaired) electrons. The fraction of sp³-hybridized carbons (Fsp3) is 0.250. The molecule has 10 heteroatoms. The molecule has 3 rings (SSSR count). The zero-order chi connectivity index (χ0) is 21.6. The summed E-state index contributed by atoms with van der Waals surface area (Å²) in [7, 11) is -3.69. The number of esters is 1. The summed E-state index contributed by atoms with van der Waals surface area (Å²) in [6.07, 6.45) is 0. The number of carbonyl (C=O) groups excluding carboxylic acids is 2. The molecule has 1 heterocycles. The Morgan fingerprint density at radius 3 is 2.57 bits per heavy atom. The summed E-state index contributed by atoms with van der Waals surface area (Å²) in [6, 6.07) is 14.5. The van der Waals surface area contributed by atoms with Crippen molar-refractivity contribution in [2.45, 2.75) is 17.9 Å². The van der Waals surface area contributed by atoms with Crippen LogP contribution in [0.15, 0.2) is 64.5 Å². The first-order valence-corrected chi connectivity index (χ1v) is 10.7. The van der Waals surface area contributed by atoms with Gasteiger partial charge in [-0.05, 0) is 31.2 Å². The fourth-order valence-corrected chi connectivity index (χ4v) is 3.90. The summed E-state index contributed by atoms with van der Waals surface area (Å²) in [6.45, 7) is 1.51. The second-order valence-corrected chi connectivity index (χ2v) is 8.03. The Morgan fingerprint density at radius 2 is 1.80 bits per heavy atom. The van der Waals surface area contributed by atoms with Crippen LogP contribution in [0.2, 0.25) is 0 Å². The van der Waals surface area contributed by atoms with Crippen LogP contribution in [0.4, 0.5) is 0 Å². The lowest BCUT2D eigenvalue weighted by Gasteiger charge is -2.10. The topological polar surface area (TPSA) is 123 Å². The molecule has 1 amide bonds. The lowest BCUT2D eigenvalue weighted by atomic mass is 10.2. The van der Waals surface area contributed by atoms with E-state index in [4.69, 9.17) is 9.47 Å². The first-order valence-electron chi connectivity index (χ1n) is 9.18. The standard InChI is InChI=1S/C20H21N3O6S/c1-14(22-19-16-9-5-6-10-17(16)30(26,27)23-19)20(25)29-13-18(24)21-11-12-28-15-7-3-2-4-8-15/h2-10,14H,11-13H2,1H3,(H,21,24)(H,22,23)/t14-/m0/s1. The summed E-state index contributed by atoms with van der Waals surface area (Å²) >= 11 is 0. The minimum Gasteiger partial charge on any atom is -0.492 e. The highest BCUT2D eigenvalue weighted by molar-refractivity contribution is 7.90. The first kappa shape index (κ1) is 21.3. The van der Waals surface area contributed by atoms with Crippen molar-refractivity contribution in [3.8, 4) is 5.75 Å². The normalized spacial score (nSPS) is 16.2. The fourth-order valence-electron chi connectivity index (χ4n) is 2.66. The van der Waals surface area contributed by atoms with Crippen LogP contribution in [-0.2, 0) is 24.3 Å². The van der Waals surface area contributed by atoms with E-state index in [1.54, 1.807) is 30.3 Å². The number of nitrogens with one attached hydrogen (secondary N) is 2. The van der Waals surface area contributed by atoms with Crippen LogP contribution in [0, 0.1) is 0 Å². The summed E-state index contributed by atoms with van der Waals surface area (Å²) in [5.41, 5.74) is 0.383. The molecule has 1 atom stereocenters. The molecule has 1 aliphatic heterocycles. The molecule has 0 aromatic heterocycles. The molecule has 1 aliphatic rings. The van der Waals surface area contributed by atoms with Crippen molar-refractivity contribution in [2.24, 2.45) is 4.99 Å². The van der Waals surface area contributed by atoms with Gasteiger partial charge in [-0.1, -0.05) is 30.3 Å². The van der Waals surface area contributed by atoms with Crippen LogP contribution in [0.3, 0.4) is 0 Å². The quantitative estimate of drug-likeness (QED) is 0.472. The van der Waals surface area contributed by atoms with Crippen molar-refractivity contribution in [1.29, 1.82) is 0 Å². The molecule has 2 aromatic rings. The summed E-state index contributed by atoms with van der Waals surface area (Å²) in [5, 5.41) is 2.58. The van der Waals surface area contributed by atoms with Crippen LogP contribution in [0.1, 0.15) is 12.5 Å². The molecule has 0 fully saturated rings. The molecule has 0 unspecified atom stereocenters. The van der Waals surface area contributed by atoms with E-state index in [9.17, 15) is 18.0 Å². The van der Waals surface area contributed by atoms with Gasteiger partial charge >= 0.3 is 5.97 Å². The van der Waals surface area contributed by atoms with E-state index in [1.807, 2.05) is 18.2 Å². The predicted molar refractivity (Wildman–Crippen MR) is 109 cm³/mol. The molecule has 0 bridgehead atoms. The van der Waals surface area contributed by atoms with Crippen LogP contribution in [0.5, 0.6) is 5.75 Å². The van der Waals surface area contributed by atoms with Gasteiger partial charge in [0.1, 0.15) is 24.2 Å². The Kier molecular flexibility index (Phi) is 6.68. The number of amides is 1. The average Bonchev–Trinajstić information content (AvgIpc) is 3.00. The number of nitrogens with zero attached hydrogens (tertiary/aromatic N) is 1. The van der Waals surface area contributed by atoms with E-state index in [-0.39, 0.29) is 23.9 Å². The van der Waals surface area contributed by atoms with Crippen LogP contribution in [0.25, 0.3) is 0 Å². The van der Waals surface area contributed by atoms with Gasteiger partial charge < -0.3 is 14.8 Å². The number of hydrogen-bond acceptors (Lipinski definition) is 7. The van der Waals surface area contributed by atoms with E-state index >= 15 is 0 Å². The van der Waals surface area contributed by atoms with Crippen molar-refractivity contribution in [2.75, 3.05) is 19.8 Å². The van der Waals surface area contributed by atoms with Gasteiger partial charge in [0.05, 0.1) is 11.4 Å². The molecule has 2 aromatic carbocycles. The molecule has 158 valence electrons. The predicted octanol–water partition coefficient (Wildman–Crippen LogP) is 0.852. The maximum absolute atomic E-state index is 12.1. The molecule has 9 nitrogen and oxygen atoms in total. The number of hydrogen-bond donors (Lipinski definition) is 2. The largest absolute Gasteiger partial charge is 0.492 e. The number of fused-ring (bicyclic) bond motifs is 1. The Hall–Kier alpha value is -3.40. The highest BCUT2D eigenvalue weighted by Crippen LogP contribution is 2.22. The number of para-hydroxylation sites is 1. The van der Waals surface area contributed by atoms with Gasteiger partial charge in [-0.2, -0.15) is 0 Å². The number of amidine groups is 1. The van der Waals surface area contributed by atoms with Gasteiger partial charge in [-0.15, -0.1) is 0 Å². The smallest absolute Gasteiger partial charge is 0.331 e. The average molecular weight is 431 g/mol. The van der Waals surface area contributed by atoms with Gasteiger partial charge in [-0.25, -0.2) is 13.2 Å². The van der Waals surface area contributed by atoms with Crippen LogP contribution < -0.4 is 14.8 Å². The van der Waals surface area contributed by atoms with Gasteiger partial charge in [0.15, 0.2) is 6.61 Å². The SMILES string of the molecule is C[C@H](N=C1NS(=O)(=O)c2ccccc21)C(=O)OCC(=O)NCCOc1ccccc1. The zero-order valence-electron chi connectivity index (χ0n) is 16.2. The van der Waals surface area contributed by atoms with E-state index in [2.05, 4.69) is 15.0 Å². The highest BCUT2D eigenvalue weighted by Gasteiger charge is 2.31. The molecule has 0 spiro atoms. The molecular weight excluding hydrogens is 410 g/mol. The number of benzene rings is 2. The van der Waals surface area contributed by atoms with Crippen LogP contribution >= 0.6 is 0 Å². The van der Waals surface area contributed by atoms with Gasteiger partial charge in [0.25, 0.3) is 15.9 Å². The summed E-state index contributed by atoms with van der Waals surface area (Å²) < 4.78 is 36.9. The number of carbonyl (C=O) groups is 2. The van der Waals surface area contributed by atoms with Crippen molar-refractivity contribution >= 4 is 27.7 Å². The first-order chi connectivity index (χ1) is 14.4. The molecule has 30 heavy (non-hydrogen) atoms. The van der Waals surface area contributed by atoms with Gasteiger partial charge in [0.2, 0.25) is 0 Å². The monoisotopic (exact) mass is 431 g/mol. The minimum absolute atomic E-state index is 0.0672. The third-order valence-corrected chi connectivity index (χ3v) is 5.51. The van der Waals surface area contributed by atoms with Crippen molar-refractivity contribution in [3.63, 3.8) is 0 Å². The lowest BCUT2D eigenvalue weighted by Crippen LogP contribution is -2.33. The van der Waals surface area contributed by atoms with E-state index in [1.165, 1.54) is 13.0 Å². The van der Waals surface area contributed by atoms with Crippen LogP contribution in [-0.4, -0.2) is 51.9 Å². The Balaban J connectivity index is 1.45. The molecule has 2 N–H and O–H groups in total.